The quantitative estimate of drug-likeness (QED) is 0.656. The fourth-order valence-corrected chi connectivity index (χ4v) is 1.20. The minimum absolute atomic E-state index is 0. The number of hydrogen-bond donors (Lipinski definition) is 2. The van der Waals surface area contributed by atoms with Crippen LogP contribution in [0.5, 0.6) is 0 Å². The number of aliphatic hydroxyl groups is 1. The van der Waals surface area contributed by atoms with Crippen molar-refractivity contribution < 1.29 is 5.11 Å². The molecule has 3 nitrogen and oxygen atoms in total. The van der Waals surface area contributed by atoms with Crippen molar-refractivity contribution in [2.24, 2.45) is 5.73 Å². The highest BCUT2D eigenvalue weighted by molar-refractivity contribution is 5.85. The van der Waals surface area contributed by atoms with Crippen LogP contribution in [0, 0.1) is 0 Å². The van der Waals surface area contributed by atoms with Crippen LogP contribution in [0.25, 0.3) is 0 Å². The van der Waals surface area contributed by atoms with Gasteiger partial charge in [-0.3, -0.25) is 4.90 Å². The Hall–Kier alpha value is 0.460. The summed E-state index contributed by atoms with van der Waals surface area (Å²) in [7, 11) is 0. The molecule has 70 valence electrons. The van der Waals surface area contributed by atoms with Gasteiger partial charge in [0.2, 0.25) is 0 Å². The summed E-state index contributed by atoms with van der Waals surface area (Å²) in [5.74, 6) is 0. The van der Waals surface area contributed by atoms with E-state index in [1.807, 2.05) is 0 Å². The standard InChI is InChI=1S/C6H14N2O.2ClH/c7-2-4-8-3-1-6(9)5-8;;/h6,9H,1-5,7H2;2*1H/t6-;;/m0../s1. The third-order valence-corrected chi connectivity index (χ3v) is 1.69. The first kappa shape index (κ1) is 14.0. The lowest BCUT2D eigenvalue weighted by atomic mass is 10.3. The maximum absolute atomic E-state index is 9.04. The average Bonchev–Trinajstić information content (AvgIpc) is 2.17. The third kappa shape index (κ3) is 4.82. The number of β-amino-alcohol motifs (C(OH)–C–C–N with tert-alkyl or cyclic N) is 1. The molecule has 3 N–H and O–H groups in total. The largest absolute Gasteiger partial charge is 0.392 e. The van der Waals surface area contributed by atoms with Gasteiger partial charge in [-0.1, -0.05) is 0 Å². The van der Waals surface area contributed by atoms with E-state index >= 15 is 0 Å². The lowest BCUT2D eigenvalue weighted by Crippen LogP contribution is -2.27. The summed E-state index contributed by atoms with van der Waals surface area (Å²) in [5.41, 5.74) is 5.33. The highest BCUT2D eigenvalue weighted by Gasteiger charge is 2.18. The van der Waals surface area contributed by atoms with Gasteiger partial charge in [-0.25, -0.2) is 0 Å². The van der Waals surface area contributed by atoms with Gasteiger partial charge in [0.15, 0.2) is 0 Å². The molecule has 0 aromatic heterocycles. The zero-order valence-corrected chi connectivity index (χ0v) is 8.03. The Morgan fingerprint density at radius 3 is 2.45 bits per heavy atom. The van der Waals surface area contributed by atoms with E-state index in [4.69, 9.17) is 10.8 Å². The smallest absolute Gasteiger partial charge is 0.0679 e. The maximum Gasteiger partial charge on any atom is 0.0679 e. The van der Waals surface area contributed by atoms with Gasteiger partial charge in [-0.15, -0.1) is 24.8 Å². The fourth-order valence-electron chi connectivity index (χ4n) is 1.20. The highest BCUT2D eigenvalue weighted by atomic mass is 35.5. The first-order valence-electron chi connectivity index (χ1n) is 3.43. The van der Waals surface area contributed by atoms with Crippen molar-refractivity contribution >= 4 is 24.8 Å². The molecule has 0 unspecified atom stereocenters. The SMILES string of the molecule is Cl.Cl.NCCN1CC[C@H](O)C1. The summed E-state index contributed by atoms with van der Waals surface area (Å²) in [6.07, 6.45) is 0.816. The van der Waals surface area contributed by atoms with Gasteiger partial charge in [0.1, 0.15) is 0 Å². The first-order chi connectivity index (χ1) is 4.33. The minimum Gasteiger partial charge on any atom is -0.392 e. The molecule has 1 rings (SSSR count). The molecule has 0 aromatic rings. The van der Waals surface area contributed by atoms with E-state index in [1.165, 1.54) is 0 Å². The summed E-state index contributed by atoms with van der Waals surface area (Å²) < 4.78 is 0. The molecule has 0 aliphatic carbocycles. The number of likely N-dealkylation sites (tertiary alicyclic amines) is 1. The van der Waals surface area contributed by atoms with Gasteiger partial charge < -0.3 is 10.8 Å². The van der Waals surface area contributed by atoms with Gasteiger partial charge in [0.25, 0.3) is 0 Å². The zero-order chi connectivity index (χ0) is 6.69. The number of nitrogens with two attached hydrogens (primary N) is 1. The number of nitrogens with zero attached hydrogens (tertiary/aromatic N) is 1. The Morgan fingerprint density at radius 1 is 1.45 bits per heavy atom. The Morgan fingerprint density at radius 2 is 2.09 bits per heavy atom. The zero-order valence-electron chi connectivity index (χ0n) is 6.40. The van der Waals surface area contributed by atoms with Crippen LogP contribution in [0.3, 0.4) is 0 Å². The summed E-state index contributed by atoms with van der Waals surface area (Å²) in [6.45, 7) is 3.46. The van der Waals surface area contributed by atoms with E-state index in [2.05, 4.69) is 4.90 Å². The van der Waals surface area contributed by atoms with Crippen molar-refractivity contribution in [2.75, 3.05) is 26.2 Å². The maximum atomic E-state index is 9.04. The van der Waals surface area contributed by atoms with E-state index in [0.29, 0.717) is 6.54 Å². The molecule has 0 radical (unpaired) electrons. The molecule has 1 saturated heterocycles. The predicted molar refractivity (Wildman–Crippen MR) is 50.6 cm³/mol. The first-order valence-corrected chi connectivity index (χ1v) is 3.43. The van der Waals surface area contributed by atoms with E-state index < -0.39 is 0 Å². The molecular formula is C6H16Cl2N2O. The average molecular weight is 203 g/mol. The molecule has 0 spiro atoms. The molecular weight excluding hydrogens is 187 g/mol. The second kappa shape index (κ2) is 7.13. The summed E-state index contributed by atoms with van der Waals surface area (Å²) in [5, 5.41) is 9.04. The number of aliphatic hydroxyl groups excluding tert-OH is 1. The Bertz CT molecular complexity index is 92.7. The molecule has 1 aliphatic rings. The van der Waals surface area contributed by atoms with Crippen molar-refractivity contribution in [1.82, 2.24) is 4.90 Å². The van der Waals surface area contributed by atoms with Crippen LogP contribution in [-0.4, -0.2) is 42.3 Å². The molecule has 0 saturated carbocycles. The Labute approximate surface area is 79.8 Å². The number of halogens is 2. The van der Waals surface area contributed by atoms with Gasteiger partial charge in [0.05, 0.1) is 6.10 Å². The normalized spacial score (nSPS) is 24.0. The highest BCUT2D eigenvalue weighted by Crippen LogP contribution is 2.06. The predicted octanol–water partition coefficient (Wildman–Crippen LogP) is -0.145. The van der Waals surface area contributed by atoms with E-state index in [9.17, 15) is 0 Å². The second-order valence-electron chi connectivity index (χ2n) is 2.53. The van der Waals surface area contributed by atoms with E-state index in [0.717, 1.165) is 26.1 Å². The number of hydrogen-bond acceptors (Lipinski definition) is 3. The van der Waals surface area contributed by atoms with Crippen LogP contribution < -0.4 is 5.73 Å². The Balaban J connectivity index is 0. The molecule has 1 heterocycles. The van der Waals surface area contributed by atoms with E-state index in [-0.39, 0.29) is 30.9 Å². The van der Waals surface area contributed by atoms with Crippen molar-refractivity contribution in [2.45, 2.75) is 12.5 Å². The van der Waals surface area contributed by atoms with Gasteiger partial charge in [-0.05, 0) is 6.42 Å². The lowest BCUT2D eigenvalue weighted by molar-refractivity contribution is 0.177. The summed E-state index contributed by atoms with van der Waals surface area (Å²) in [4.78, 5) is 2.19. The van der Waals surface area contributed by atoms with Gasteiger partial charge in [-0.2, -0.15) is 0 Å². The van der Waals surface area contributed by atoms with Crippen molar-refractivity contribution in [3.63, 3.8) is 0 Å². The van der Waals surface area contributed by atoms with E-state index in [1.54, 1.807) is 0 Å². The molecule has 1 atom stereocenters. The Kier molecular flexibility index (Phi) is 9.08. The molecule has 1 aliphatic heterocycles. The second-order valence-corrected chi connectivity index (χ2v) is 2.53. The third-order valence-electron chi connectivity index (χ3n) is 1.69. The fraction of sp³-hybridized carbons (Fsp3) is 1.00. The monoisotopic (exact) mass is 202 g/mol. The topological polar surface area (TPSA) is 49.5 Å². The molecule has 0 amide bonds. The van der Waals surface area contributed by atoms with Crippen LogP contribution in [0.2, 0.25) is 0 Å². The van der Waals surface area contributed by atoms with Crippen LogP contribution in [0.15, 0.2) is 0 Å². The van der Waals surface area contributed by atoms with Crippen LogP contribution in [0.4, 0.5) is 0 Å². The molecule has 5 heteroatoms. The number of rotatable bonds is 2. The summed E-state index contributed by atoms with van der Waals surface area (Å²) >= 11 is 0. The molecule has 1 fully saturated rings. The molecule has 11 heavy (non-hydrogen) atoms. The molecule has 0 bridgehead atoms. The molecule has 0 aromatic carbocycles. The van der Waals surface area contributed by atoms with Gasteiger partial charge >= 0.3 is 0 Å². The van der Waals surface area contributed by atoms with Crippen LogP contribution in [0.1, 0.15) is 6.42 Å². The van der Waals surface area contributed by atoms with Crippen LogP contribution in [-0.2, 0) is 0 Å². The van der Waals surface area contributed by atoms with Crippen molar-refractivity contribution in [3.8, 4) is 0 Å². The minimum atomic E-state index is -0.100. The summed E-state index contributed by atoms with van der Waals surface area (Å²) in [6, 6.07) is 0. The van der Waals surface area contributed by atoms with Gasteiger partial charge in [0, 0.05) is 26.2 Å². The van der Waals surface area contributed by atoms with Crippen molar-refractivity contribution in [1.29, 1.82) is 0 Å². The lowest BCUT2D eigenvalue weighted by Gasteiger charge is -2.11. The van der Waals surface area contributed by atoms with Crippen molar-refractivity contribution in [3.05, 3.63) is 0 Å². The van der Waals surface area contributed by atoms with Crippen LogP contribution >= 0.6 is 24.8 Å².